The fourth-order valence-corrected chi connectivity index (χ4v) is 4.79. The van der Waals surface area contributed by atoms with E-state index in [1.54, 1.807) is 32.3 Å². The molecule has 1 unspecified atom stereocenters. The van der Waals surface area contributed by atoms with Gasteiger partial charge in [-0.2, -0.15) is 0 Å². The van der Waals surface area contributed by atoms with Crippen molar-refractivity contribution in [3.8, 4) is 5.69 Å². The van der Waals surface area contributed by atoms with Crippen LogP contribution in [0.25, 0.3) is 16.7 Å². The predicted octanol–water partition coefficient (Wildman–Crippen LogP) is 1.73. The summed E-state index contributed by atoms with van der Waals surface area (Å²) < 4.78 is 5.18. The third-order valence-electron chi connectivity index (χ3n) is 6.54. The number of rotatable bonds is 3. The molecule has 33 heavy (non-hydrogen) atoms. The minimum Gasteiger partial charge on any atom is -0.477 e. The number of hydrogen-bond donors (Lipinski definition) is 1. The Hall–Kier alpha value is -4.14. The molecule has 168 valence electrons. The van der Waals surface area contributed by atoms with Gasteiger partial charge in [-0.1, -0.05) is 23.8 Å². The highest BCUT2D eigenvalue weighted by Crippen LogP contribution is 2.33. The summed E-state index contributed by atoms with van der Waals surface area (Å²) >= 11 is 0. The molecule has 0 radical (unpaired) electrons. The molecule has 0 amide bonds. The molecule has 0 bridgehead atoms. The molecule has 1 atom stereocenters. The maximum atomic E-state index is 13.6. The first kappa shape index (κ1) is 20.7. The summed E-state index contributed by atoms with van der Waals surface area (Å²) in [5.74, 6) is -1.40. The number of imidazole rings is 1. The average Bonchev–Trinajstić information content (AvgIpc) is 3.28. The van der Waals surface area contributed by atoms with Gasteiger partial charge in [0.05, 0.1) is 22.8 Å². The van der Waals surface area contributed by atoms with E-state index >= 15 is 0 Å². The largest absolute Gasteiger partial charge is 0.477 e. The highest BCUT2D eigenvalue weighted by Gasteiger charge is 2.29. The van der Waals surface area contributed by atoms with Gasteiger partial charge in [0.25, 0.3) is 5.56 Å². The highest BCUT2D eigenvalue weighted by molar-refractivity contribution is 5.87. The Bertz CT molecular complexity index is 1650. The van der Waals surface area contributed by atoms with Crippen molar-refractivity contribution in [3.05, 3.63) is 96.2 Å². The summed E-state index contributed by atoms with van der Waals surface area (Å²) in [5.41, 5.74) is 2.39. The maximum absolute atomic E-state index is 13.6. The van der Waals surface area contributed by atoms with Crippen LogP contribution in [0.15, 0.2) is 57.0 Å². The lowest BCUT2D eigenvalue weighted by Gasteiger charge is -2.18. The van der Waals surface area contributed by atoms with Crippen LogP contribution in [0.1, 0.15) is 39.5 Å². The zero-order chi connectivity index (χ0) is 23.6. The molecule has 0 spiro atoms. The molecule has 2 aromatic heterocycles. The lowest BCUT2D eigenvalue weighted by molar-refractivity contribution is 0.0693. The molecule has 4 aromatic rings. The van der Waals surface area contributed by atoms with Crippen LogP contribution in [0.5, 0.6) is 0 Å². The Morgan fingerprint density at radius 2 is 1.70 bits per heavy atom. The lowest BCUT2D eigenvalue weighted by atomic mass is 10.0. The smallest absolute Gasteiger partial charge is 0.342 e. The van der Waals surface area contributed by atoms with Crippen molar-refractivity contribution in [1.82, 2.24) is 18.3 Å². The zero-order valence-corrected chi connectivity index (χ0v) is 18.4. The third-order valence-corrected chi connectivity index (χ3v) is 6.54. The summed E-state index contributed by atoms with van der Waals surface area (Å²) in [5, 5.41) is 9.71. The topological polar surface area (TPSA) is 108 Å². The van der Waals surface area contributed by atoms with Crippen molar-refractivity contribution < 1.29 is 9.90 Å². The van der Waals surface area contributed by atoms with Gasteiger partial charge in [0.15, 0.2) is 0 Å². The first-order chi connectivity index (χ1) is 15.7. The molecule has 0 fully saturated rings. The van der Waals surface area contributed by atoms with Crippen molar-refractivity contribution in [3.63, 3.8) is 0 Å². The number of fused-ring (bicyclic) bond motifs is 2. The molecule has 1 aliphatic rings. The number of carboxylic acid groups (broad SMARTS) is 1. The first-order valence-corrected chi connectivity index (χ1v) is 10.6. The minimum absolute atomic E-state index is 0.219. The molecule has 9 heteroatoms. The van der Waals surface area contributed by atoms with Crippen LogP contribution in [0, 0.1) is 6.92 Å². The van der Waals surface area contributed by atoms with Gasteiger partial charge in [-0.25, -0.2) is 14.4 Å². The molecule has 1 N–H and O–H groups in total. The number of aromatic nitrogens is 4. The average molecular weight is 446 g/mol. The fourth-order valence-electron chi connectivity index (χ4n) is 4.79. The number of aryl methyl sites for hydroxylation is 4. The van der Waals surface area contributed by atoms with Crippen molar-refractivity contribution in [2.75, 3.05) is 0 Å². The lowest BCUT2D eigenvalue weighted by Crippen LogP contribution is -2.43. The summed E-state index contributed by atoms with van der Waals surface area (Å²) in [6.45, 7) is 1.93. The molecule has 5 rings (SSSR count). The van der Waals surface area contributed by atoms with E-state index in [9.17, 15) is 24.3 Å². The van der Waals surface area contributed by atoms with E-state index in [4.69, 9.17) is 0 Å². The zero-order valence-electron chi connectivity index (χ0n) is 18.4. The second-order valence-corrected chi connectivity index (χ2v) is 8.51. The number of carboxylic acids is 1. The van der Waals surface area contributed by atoms with Gasteiger partial charge in [-0.3, -0.25) is 23.1 Å². The van der Waals surface area contributed by atoms with Crippen molar-refractivity contribution in [1.29, 1.82) is 0 Å². The Labute approximate surface area is 187 Å². The number of nitrogens with zero attached hydrogens (tertiary/aromatic N) is 4. The van der Waals surface area contributed by atoms with Crippen molar-refractivity contribution in [2.24, 2.45) is 14.1 Å². The molecular formula is C24H22N4O5. The molecular weight excluding hydrogens is 424 g/mol. The predicted molar refractivity (Wildman–Crippen MR) is 123 cm³/mol. The van der Waals surface area contributed by atoms with E-state index < -0.39 is 28.8 Å². The number of benzene rings is 2. The van der Waals surface area contributed by atoms with Gasteiger partial charge in [-0.15, -0.1) is 0 Å². The first-order valence-electron chi connectivity index (χ1n) is 10.6. The Morgan fingerprint density at radius 1 is 0.970 bits per heavy atom. The monoisotopic (exact) mass is 446 g/mol. The van der Waals surface area contributed by atoms with Crippen LogP contribution in [-0.4, -0.2) is 29.3 Å². The number of aromatic carboxylic acids is 1. The van der Waals surface area contributed by atoms with E-state index in [0.717, 1.165) is 27.5 Å². The second-order valence-electron chi connectivity index (χ2n) is 8.51. The van der Waals surface area contributed by atoms with Gasteiger partial charge < -0.3 is 5.11 Å². The quantitative estimate of drug-likeness (QED) is 0.516. The molecule has 2 heterocycles. The van der Waals surface area contributed by atoms with Gasteiger partial charge >= 0.3 is 17.3 Å². The Balaban J connectivity index is 1.80. The van der Waals surface area contributed by atoms with Crippen LogP contribution < -0.4 is 16.9 Å². The summed E-state index contributed by atoms with van der Waals surface area (Å²) in [6.07, 6.45) is 2.29. The standard InChI is InChI=1S/C24H22N4O5/c1-13-4-5-14-6-8-18(16(14)10-13)28-21(29)17(22(30)31)12-27(24(28)33)15-7-9-19-20(11-15)26(3)23(32)25(19)2/h4-5,7,9-12,18H,6,8H2,1-3H3,(H,30,31). The summed E-state index contributed by atoms with van der Waals surface area (Å²) in [4.78, 5) is 50.9. The molecule has 9 nitrogen and oxygen atoms in total. The maximum Gasteiger partial charge on any atom is 0.342 e. The van der Waals surface area contributed by atoms with Crippen LogP contribution in [0.4, 0.5) is 0 Å². The fraction of sp³-hybridized carbons (Fsp3) is 0.250. The highest BCUT2D eigenvalue weighted by atomic mass is 16.4. The normalized spacial score (nSPS) is 15.2. The molecule has 1 aliphatic carbocycles. The van der Waals surface area contributed by atoms with E-state index in [-0.39, 0.29) is 5.69 Å². The third kappa shape index (κ3) is 3.00. The summed E-state index contributed by atoms with van der Waals surface area (Å²) in [7, 11) is 3.28. The van der Waals surface area contributed by atoms with Crippen LogP contribution in [0.2, 0.25) is 0 Å². The molecule has 0 saturated heterocycles. The number of hydrogen-bond acceptors (Lipinski definition) is 4. The molecule has 0 saturated carbocycles. The number of carbonyl (C=O) groups is 1. The van der Waals surface area contributed by atoms with E-state index in [1.807, 2.05) is 25.1 Å². The Kier molecular flexibility index (Phi) is 4.52. The van der Waals surface area contributed by atoms with Gasteiger partial charge in [0.2, 0.25) is 0 Å². The van der Waals surface area contributed by atoms with Gasteiger partial charge in [0.1, 0.15) is 5.56 Å². The van der Waals surface area contributed by atoms with Crippen LogP contribution in [0.3, 0.4) is 0 Å². The van der Waals surface area contributed by atoms with Crippen LogP contribution in [-0.2, 0) is 20.5 Å². The van der Waals surface area contributed by atoms with Gasteiger partial charge in [0, 0.05) is 20.3 Å². The minimum atomic E-state index is -1.40. The van der Waals surface area contributed by atoms with Crippen LogP contribution >= 0.6 is 0 Å². The molecule has 2 aromatic carbocycles. The van der Waals surface area contributed by atoms with E-state index in [1.165, 1.54) is 13.7 Å². The molecule has 0 aliphatic heterocycles. The van der Waals surface area contributed by atoms with Crippen molar-refractivity contribution >= 4 is 17.0 Å². The summed E-state index contributed by atoms with van der Waals surface area (Å²) in [6, 6.07) is 10.3. The van der Waals surface area contributed by atoms with E-state index in [0.29, 0.717) is 29.6 Å². The SMILES string of the molecule is Cc1ccc2c(c1)C(n1c(=O)c(C(=O)O)cn(-c3ccc4c(c3)n(C)c(=O)n4C)c1=O)CC2. The van der Waals surface area contributed by atoms with Crippen molar-refractivity contribution in [2.45, 2.75) is 25.8 Å². The Morgan fingerprint density at radius 3 is 2.42 bits per heavy atom. The van der Waals surface area contributed by atoms with Gasteiger partial charge in [-0.05, 0) is 49.1 Å². The van der Waals surface area contributed by atoms with E-state index in [2.05, 4.69) is 0 Å². The second kappa shape index (κ2) is 7.19.